The molecule has 2 aromatic carbocycles. The lowest BCUT2D eigenvalue weighted by molar-refractivity contribution is -0.131. The van der Waals surface area contributed by atoms with Crippen molar-refractivity contribution >= 4 is 67.1 Å². The van der Waals surface area contributed by atoms with Crippen LogP contribution < -0.4 is 16.0 Å². The Hall–Kier alpha value is -3.21. The summed E-state index contributed by atoms with van der Waals surface area (Å²) in [6.07, 6.45) is 2.11. The predicted octanol–water partition coefficient (Wildman–Crippen LogP) is 3.77. The second-order valence-corrected chi connectivity index (χ2v) is 10.5. The normalized spacial score (nSPS) is 16.0. The van der Waals surface area contributed by atoms with Crippen molar-refractivity contribution in [3.8, 4) is 0 Å². The van der Waals surface area contributed by atoms with Crippen molar-refractivity contribution in [3.63, 3.8) is 0 Å². The van der Waals surface area contributed by atoms with Crippen LogP contribution in [0.4, 0.5) is 11.1 Å². The van der Waals surface area contributed by atoms with Gasteiger partial charge in [-0.2, -0.15) is 0 Å². The largest absolute Gasteiger partial charge is 0.343 e. The Morgan fingerprint density at radius 2 is 2.03 bits per heavy atom. The van der Waals surface area contributed by atoms with Crippen LogP contribution in [0.1, 0.15) is 23.2 Å². The van der Waals surface area contributed by atoms with Crippen LogP contribution in [0.5, 0.6) is 0 Å². The number of aryl methyl sites for hydroxylation is 1. The van der Waals surface area contributed by atoms with Crippen molar-refractivity contribution in [3.05, 3.63) is 47.0 Å². The first-order valence-electron chi connectivity index (χ1n) is 11.9. The number of likely N-dealkylation sites (tertiary alicyclic amines) is 1. The van der Waals surface area contributed by atoms with E-state index in [-0.39, 0.29) is 18.4 Å². The highest BCUT2D eigenvalue weighted by Gasteiger charge is 2.23. The van der Waals surface area contributed by atoms with Gasteiger partial charge in [-0.1, -0.05) is 22.9 Å². The molecule has 1 atom stereocenters. The molecule has 1 aliphatic heterocycles. The lowest BCUT2D eigenvalue weighted by atomic mass is 9.98. The van der Waals surface area contributed by atoms with E-state index >= 15 is 0 Å². The van der Waals surface area contributed by atoms with E-state index in [1.54, 1.807) is 12.1 Å². The number of aromatic nitrogens is 3. The average molecular weight is 526 g/mol. The molecule has 0 spiro atoms. The highest BCUT2D eigenvalue weighted by molar-refractivity contribution is 7.22. The standard InChI is InChI=1S/C25H28ClN7O2S/c1-27-12-15-4-3-9-33(14-15)22(34)13-28-23(35)16-5-8-20-19(10-16)29-24(32(20)2)31-25-30-18-7-6-17(26)11-21(18)36-25/h5-8,10-11,15,27H,3-4,9,12-14H2,1-2H3,(H,28,35)(H,29,30,31). The van der Waals surface area contributed by atoms with Gasteiger partial charge in [-0.3, -0.25) is 9.59 Å². The number of carbonyl (C=O) groups excluding carboxylic acids is 2. The monoisotopic (exact) mass is 525 g/mol. The number of benzene rings is 2. The Kier molecular flexibility index (Phi) is 7.08. The lowest BCUT2D eigenvalue weighted by Crippen LogP contribution is -2.46. The van der Waals surface area contributed by atoms with E-state index in [0.717, 1.165) is 48.2 Å². The van der Waals surface area contributed by atoms with Crippen molar-refractivity contribution in [1.82, 2.24) is 30.1 Å². The van der Waals surface area contributed by atoms with E-state index in [1.165, 1.54) is 11.3 Å². The SMILES string of the molecule is CNCC1CCCN(C(=O)CNC(=O)c2ccc3c(c2)nc(Nc2nc4ccc(Cl)cc4s2)n3C)C1. The summed E-state index contributed by atoms with van der Waals surface area (Å²) in [5, 5.41) is 10.6. The third-order valence-electron chi connectivity index (χ3n) is 6.48. The van der Waals surface area contributed by atoms with Gasteiger partial charge in [-0.25, -0.2) is 9.97 Å². The van der Waals surface area contributed by atoms with Gasteiger partial charge in [0.25, 0.3) is 5.91 Å². The minimum Gasteiger partial charge on any atom is -0.343 e. The number of halogens is 1. The molecule has 1 fully saturated rings. The number of thiazole rings is 1. The molecular weight excluding hydrogens is 498 g/mol. The number of hydrogen-bond acceptors (Lipinski definition) is 7. The Morgan fingerprint density at radius 1 is 1.17 bits per heavy atom. The number of fused-ring (bicyclic) bond motifs is 2. The maximum Gasteiger partial charge on any atom is 0.251 e. The van der Waals surface area contributed by atoms with E-state index in [9.17, 15) is 9.59 Å². The first-order chi connectivity index (χ1) is 17.4. The maximum absolute atomic E-state index is 12.8. The van der Waals surface area contributed by atoms with E-state index in [4.69, 9.17) is 11.6 Å². The van der Waals surface area contributed by atoms with Crippen LogP contribution in [-0.2, 0) is 11.8 Å². The maximum atomic E-state index is 12.8. The van der Waals surface area contributed by atoms with Crippen molar-refractivity contribution in [2.45, 2.75) is 12.8 Å². The van der Waals surface area contributed by atoms with E-state index in [2.05, 4.69) is 25.9 Å². The summed E-state index contributed by atoms with van der Waals surface area (Å²) in [5.41, 5.74) is 2.87. The Labute approximate surface area is 217 Å². The molecule has 9 nitrogen and oxygen atoms in total. The molecule has 0 saturated carbocycles. The third kappa shape index (κ3) is 5.16. The van der Waals surface area contributed by atoms with Gasteiger partial charge in [-0.05, 0) is 68.8 Å². The number of anilines is 2. The van der Waals surface area contributed by atoms with Gasteiger partial charge in [0.15, 0.2) is 5.13 Å². The Morgan fingerprint density at radius 3 is 2.86 bits per heavy atom. The number of nitrogens with one attached hydrogen (secondary N) is 3. The fraction of sp³-hybridized carbons (Fsp3) is 0.360. The molecule has 4 aromatic rings. The zero-order chi connectivity index (χ0) is 25.2. The summed E-state index contributed by atoms with van der Waals surface area (Å²) in [4.78, 5) is 36.6. The highest BCUT2D eigenvalue weighted by Crippen LogP contribution is 2.31. The molecule has 3 N–H and O–H groups in total. The van der Waals surface area contributed by atoms with Crippen LogP contribution in [0.3, 0.4) is 0 Å². The summed E-state index contributed by atoms with van der Waals surface area (Å²) in [6, 6.07) is 10.9. The topological polar surface area (TPSA) is 104 Å². The van der Waals surface area contributed by atoms with E-state index in [0.29, 0.717) is 33.1 Å². The van der Waals surface area contributed by atoms with Crippen LogP contribution in [0.15, 0.2) is 36.4 Å². The first kappa shape index (κ1) is 24.5. The molecular formula is C25H28ClN7O2S. The van der Waals surface area contributed by atoms with Crippen LogP contribution >= 0.6 is 22.9 Å². The van der Waals surface area contributed by atoms with Gasteiger partial charge in [-0.15, -0.1) is 0 Å². The quantitative estimate of drug-likeness (QED) is 0.339. The highest BCUT2D eigenvalue weighted by atomic mass is 35.5. The number of carbonyl (C=O) groups is 2. The number of nitrogens with zero attached hydrogens (tertiary/aromatic N) is 4. The number of imidazole rings is 1. The van der Waals surface area contributed by atoms with Gasteiger partial charge in [0.05, 0.1) is 27.8 Å². The average Bonchev–Trinajstić information content (AvgIpc) is 3.41. The fourth-order valence-corrected chi connectivity index (χ4v) is 5.75. The second kappa shape index (κ2) is 10.4. The predicted molar refractivity (Wildman–Crippen MR) is 144 cm³/mol. The molecule has 1 aliphatic rings. The smallest absolute Gasteiger partial charge is 0.251 e. The fourth-order valence-electron chi connectivity index (χ4n) is 4.62. The summed E-state index contributed by atoms with van der Waals surface area (Å²) in [6.45, 7) is 2.35. The number of amides is 2. The van der Waals surface area contributed by atoms with Crippen molar-refractivity contribution < 1.29 is 9.59 Å². The minimum atomic E-state index is -0.294. The number of rotatable bonds is 7. The summed E-state index contributed by atoms with van der Waals surface area (Å²) < 4.78 is 2.90. The Bertz CT molecular complexity index is 1430. The first-order valence-corrected chi connectivity index (χ1v) is 13.1. The molecule has 11 heteroatoms. The molecule has 5 rings (SSSR count). The number of piperidine rings is 1. The van der Waals surface area contributed by atoms with Gasteiger partial charge < -0.3 is 25.4 Å². The van der Waals surface area contributed by atoms with Crippen LogP contribution in [-0.4, -0.2) is 64.5 Å². The summed E-state index contributed by atoms with van der Waals surface area (Å²) >= 11 is 7.58. The molecule has 1 unspecified atom stereocenters. The van der Waals surface area contributed by atoms with Crippen LogP contribution in [0.25, 0.3) is 21.3 Å². The number of hydrogen-bond donors (Lipinski definition) is 3. The minimum absolute atomic E-state index is 0.0141. The molecule has 3 heterocycles. The van der Waals surface area contributed by atoms with Crippen LogP contribution in [0.2, 0.25) is 5.02 Å². The summed E-state index contributed by atoms with van der Waals surface area (Å²) in [5.74, 6) is 0.728. The molecule has 2 amide bonds. The van der Waals surface area contributed by atoms with Crippen molar-refractivity contribution in [2.75, 3.05) is 38.5 Å². The van der Waals surface area contributed by atoms with Gasteiger partial charge in [0.2, 0.25) is 11.9 Å². The molecule has 0 aliphatic carbocycles. The van der Waals surface area contributed by atoms with Gasteiger partial charge in [0.1, 0.15) is 0 Å². The van der Waals surface area contributed by atoms with Crippen molar-refractivity contribution in [1.29, 1.82) is 0 Å². The van der Waals surface area contributed by atoms with E-state index < -0.39 is 0 Å². The lowest BCUT2D eigenvalue weighted by Gasteiger charge is -2.32. The molecule has 36 heavy (non-hydrogen) atoms. The third-order valence-corrected chi connectivity index (χ3v) is 7.65. The molecule has 0 radical (unpaired) electrons. The molecule has 1 saturated heterocycles. The van der Waals surface area contributed by atoms with Crippen LogP contribution in [0, 0.1) is 5.92 Å². The van der Waals surface area contributed by atoms with Crippen molar-refractivity contribution in [2.24, 2.45) is 13.0 Å². The zero-order valence-electron chi connectivity index (χ0n) is 20.2. The second-order valence-electron chi connectivity index (χ2n) is 9.04. The molecule has 188 valence electrons. The van der Waals surface area contributed by atoms with E-state index in [1.807, 2.05) is 47.8 Å². The molecule has 2 aromatic heterocycles. The zero-order valence-corrected chi connectivity index (χ0v) is 21.7. The molecule has 0 bridgehead atoms. The van der Waals surface area contributed by atoms with Gasteiger partial charge >= 0.3 is 0 Å². The van der Waals surface area contributed by atoms with Gasteiger partial charge in [0, 0.05) is 30.7 Å². The summed E-state index contributed by atoms with van der Waals surface area (Å²) in [7, 11) is 3.83. The Balaban J connectivity index is 1.25.